The van der Waals surface area contributed by atoms with Crippen LogP contribution in [0.2, 0.25) is 0 Å². The van der Waals surface area contributed by atoms with E-state index in [-0.39, 0.29) is 11.7 Å². The van der Waals surface area contributed by atoms with E-state index < -0.39 is 4.92 Å². The molecule has 24 heavy (non-hydrogen) atoms. The lowest BCUT2D eigenvalue weighted by atomic mass is 10.2. The summed E-state index contributed by atoms with van der Waals surface area (Å²) in [5, 5.41) is 14.0. The summed E-state index contributed by atoms with van der Waals surface area (Å²) in [6.45, 7) is 0.956. The highest BCUT2D eigenvalue weighted by atomic mass is 16.6. The van der Waals surface area contributed by atoms with E-state index >= 15 is 0 Å². The van der Waals surface area contributed by atoms with Gasteiger partial charge in [-0.3, -0.25) is 10.1 Å². The number of nitro benzene ring substituents is 1. The number of imidazole rings is 1. The van der Waals surface area contributed by atoms with Crippen molar-refractivity contribution < 1.29 is 9.66 Å². The molecule has 0 saturated carbocycles. The number of benzene rings is 2. The van der Waals surface area contributed by atoms with Gasteiger partial charge in [-0.15, -0.1) is 0 Å². The first-order valence-electron chi connectivity index (χ1n) is 7.60. The van der Waals surface area contributed by atoms with Gasteiger partial charge in [-0.05, 0) is 18.7 Å². The van der Waals surface area contributed by atoms with Crippen LogP contribution in [-0.4, -0.2) is 28.5 Å². The average molecular weight is 326 g/mol. The van der Waals surface area contributed by atoms with Crippen molar-refractivity contribution in [3.63, 3.8) is 0 Å². The van der Waals surface area contributed by atoms with Gasteiger partial charge in [0, 0.05) is 12.1 Å². The van der Waals surface area contributed by atoms with Gasteiger partial charge in [-0.25, -0.2) is 4.98 Å². The molecule has 3 aromatic rings. The van der Waals surface area contributed by atoms with Crippen LogP contribution in [0.25, 0.3) is 11.0 Å². The van der Waals surface area contributed by atoms with Crippen molar-refractivity contribution in [1.82, 2.24) is 15.3 Å². The summed E-state index contributed by atoms with van der Waals surface area (Å²) >= 11 is 0. The zero-order valence-electron chi connectivity index (χ0n) is 13.2. The molecule has 0 aliphatic rings. The Labute approximate surface area is 138 Å². The number of ether oxygens (including phenoxy) is 1. The lowest BCUT2D eigenvalue weighted by molar-refractivity contribution is -0.384. The highest BCUT2D eigenvalue weighted by Gasteiger charge is 2.16. The Morgan fingerprint density at radius 3 is 2.79 bits per heavy atom. The molecule has 0 saturated heterocycles. The molecule has 0 aliphatic carbocycles. The maximum absolute atomic E-state index is 10.9. The molecule has 124 valence electrons. The van der Waals surface area contributed by atoms with Crippen LogP contribution in [0.15, 0.2) is 48.5 Å². The van der Waals surface area contributed by atoms with Crippen molar-refractivity contribution in [2.45, 2.75) is 12.6 Å². The van der Waals surface area contributed by atoms with Crippen molar-refractivity contribution in [1.29, 1.82) is 0 Å². The first kappa shape index (κ1) is 16.1. The SMILES string of the molecule is CN[C@H](COCc1ccccc1)c1nc2ccc([N+](=O)[O-])cc2[nH]1. The highest BCUT2D eigenvalue weighted by molar-refractivity contribution is 5.77. The molecular weight excluding hydrogens is 308 g/mol. The molecule has 2 N–H and O–H groups in total. The maximum atomic E-state index is 10.9. The molecular formula is C17H18N4O3. The van der Waals surface area contributed by atoms with Crippen molar-refractivity contribution in [2.75, 3.05) is 13.7 Å². The van der Waals surface area contributed by atoms with Gasteiger partial charge in [-0.1, -0.05) is 30.3 Å². The minimum absolute atomic E-state index is 0.0408. The number of nitrogens with one attached hydrogen (secondary N) is 2. The summed E-state index contributed by atoms with van der Waals surface area (Å²) in [6, 6.07) is 14.4. The van der Waals surface area contributed by atoms with Gasteiger partial charge in [0.05, 0.1) is 35.2 Å². The van der Waals surface area contributed by atoms with E-state index in [0.29, 0.717) is 30.1 Å². The van der Waals surface area contributed by atoms with E-state index in [1.54, 1.807) is 6.07 Å². The fourth-order valence-electron chi connectivity index (χ4n) is 2.46. The van der Waals surface area contributed by atoms with Crippen LogP contribution >= 0.6 is 0 Å². The first-order valence-corrected chi connectivity index (χ1v) is 7.60. The maximum Gasteiger partial charge on any atom is 0.271 e. The van der Waals surface area contributed by atoms with Crippen LogP contribution in [0.4, 0.5) is 5.69 Å². The lowest BCUT2D eigenvalue weighted by Gasteiger charge is -2.14. The van der Waals surface area contributed by atoms with Gasteiger partial charge in [0.25, 0.3) is 5.69 Å². The van der Waals surface area contributed by atoms with Crippen molar-refractivity contribution >= 4 is 16.7 Å². The van der Waals surface area contributed by atoms with Gasteiger partial charge < -0.3 is 15.0 Å². The highest BCUT2D eigenvalue weighted by Crippen LogP contribution is 2.21. The summed E-state index contributed by atoms with van der Waals surface area (Å²) < 4.78 is 5.75. The number of aromatic nitrogens is 2. The number of nitrogens with zero attached hydrogens (tertiary/aromatic N) is 2. The Hall–Kier alpha value is -2.77. The second-order valence-corrected chi connectivity index (χ2v) is 5.42. The van der Waals surface area contributed by atoms with Crippen LogP contribution in [0.1, 0.15) is 17.4 Å². The molecule has 3 rings (SSSR count). The summed E-state index contributed by atoms with van der Waals surface area (Å²) in [6.07, 6.45) is 0. The second kappa shape index (κ2) is 7.20. The number of hydrogen-bond acceptors (Lipinski definition) is 5. The van der Waals surface area contributed by atoms with Gasteiger partial charge in [0.1, 0.15) is 5.82 Å². The predicted octanol–water partition coefficient (Wildman–Crippen LogP) is 2.95. The molecule has 1 heterocycles. The van der Waals surface area contributed by atoms with Crippen molar-refractivity contribution in [3.05, 3.63) is 70.0 Å². The largest absolute Gasteiger partial charge is 0.375 e. The predicted molar refractivity (Wildman–Crippen MR) is 90.6 cm³/mol. The first-order chi connectivity index (χ1) is 11.7. The average Bonchev–Trinajstić information content (AvgIpc) is 3.02. The number of likely N-dealkylation sites (N-methyl/N-ethyl adjacent to an activating group) is 1. The van der Waals surface area contributed by atoms with Crippen LogP contribution in [-0.2, 0) is 11.3 Å². The monoisotopic (exact) mass is 326 g/mol. The van der Waals surface area contributed by atoms with Gasteiger partial charge in [0.15, 0.2) is 0 Å². The van der Waals surface area contributed by atoms with Gasteiger partial charge in [-0.2, -0.15) is 0 Å². The van der Waals surface area contributed by atoms with E-state index in [2.05, 4.69) is 15.3 Å². The molecule has 0 spiro atoms. The third-order valence-electron chi connectivity index (χ3n) is 3.77. The molecule has 0 bridgehead atoms. The molecule has 7 heteroatoms. The fourth-order valence-corrected chi connectivity index (χ4v) is 2.46. The minimum Gasteiger partial charge on any atom is -0.375 e. The third-order valence-corrected chi connectivity index (χ3v) is 3.77. The lowest BCUT2D eigenvalue weighted by Crippen LogP contribution is -2.23. The van der Waals surface area contributed by atoms with Crippen LogP contribution in [0.5, 0.6) is 0 Å². The van der Waals surface area contributed by atoms with Crippen molar-refractivity contribution in [2.24, 2.45) is 0 Å². The van der Waals surface area contributed by atoms with E-state index in [9.17, 15) is 10.1 Å². The molecule has 0 radical (unpaired) electrons. The van der Waals surface area contributed by atoms with Gasteiger partial charge in [0.2, 0.25) is 0 Å². The normalized spacial score (nSPS) is 12.4. The number of fused-ring (bicyclic) bond motifs is 1. The summed E-state index contributed by atoms with van der Waals surface area (Å²) in [5.74, 6) is 0.695. The van der Waals surface area contributed by atoms with Gasteiger partial charge >= 0.3 is 0 Å². The molecule has 0 aliphatic heterocycles. The Morgan fingerprint density at radius 2 is 2.08 bits per heavy atom. The Morgan fingerprint density at radius 1 is 1.29 bits per heavy atom. The zero-order chi connectivity index (χ0) is 16.9. The van der Waals surface area contributed by atoms with Crippen LogP contribution in [0.3, 0.4) is 0 Å². The number of rotatable bonds is 7. The topological polar surface area (TPSA) is 93.1 Å². The quantitative estimate of drug-likeness (QED) is 0.514. The fraction of sp³-hybridized carbons (Fsp3) is 0.235. The summed E-state index contributed by atoms with van der Waals surface area (Å²) in [4.78, 5) is 18.1. The molecule has 1 aromatic heterocycles. The molecule has 7 nitrogen and oxygen atoms in total. The minimum atomic E-state index is -0.418. The Bertz CT molecular complexity index is 832. The van der Waals surface area contributed by atoms with E-state index in [4.69, 9.17) is 4.74 Å². The smallest absolute Gasteiger partial charge is 0.271 e. The van der Waals surface area contributed by atoms with Crippen LogP contribution < -0.4 is 5.32 Å². The Balaban J connectivity index is 1.70. The number of non-ortho nitro benzene ring substituents is 1. The number of hydrogen-bond donors (Lipinski definition) is 2. The van der Waals surface area contributed by atoms with E-state index in [0.717, 1.165) is 5.56 Å². The van der Waals surface area contributed by atoms with E-state index in [1.807, 2.05) is 37.4 Å². The molecule has 0 unspecified atom stereocenters. The Kier molecular flexibility index (Phi) is 4.83. The summed E-state index contributed by atoms with van der Waals surface area (Å²) in [7, 11) is 1.83. The van der Waals surface area contributed by atoms with Crippen molar-refractivity contribution in [3.8, 4) is 0 Å². The van der Waals surface area contributed by atoms with Crippen LogP contribution in [0, 0.1) is 10.1 Å². The molecule has 0 amide bonds. The number of aromatic amines is 1. The second-order valence-electron chi connectivity index (χ2n) is 5.42. The molecule has 0 fully saturated rings. The molecule has 1 atom stereocenters. The number of nitro groups is 1. The molecule has 2 aromatic carbocycles. The third kappa shape index (κ3) is 3.58. The standard InChI is InChI=1S/C17H18N4O3/c1-18-16(11-24-10-12-5-3-2-4-6-12)17-19-14-8-7-13(21(22)23)9-15(14)20-17/h2-9,16,18H,10-11H2,1H3,(H,19,20)/t16-/m1/s1. The van der Waals surface area contributed by atoms with E-state index in [1.165, 1.54) is 12.1 Å². The number of H-pyrrole nitrogens is 1. The zero-order valence-corrected chi connectivity index (χ0v) is 13.2. The summed E-state index contributed by atoms with van der Waals surface area (Å²) in [5.41, 5.74) is 2.48.